The normalized spacial score (nSPS) is 19.4. The number of ether oxygens (including phenoxy) is 1. The Morgan fingerprint density at radius 2 is 1.83 bits per heavy atom. The molecule has 1 aromatic carbocycles. The second-order valence-electron chi connectivity index (χ2n) is 11.5. The highest BCUT2D eigenvalue weighted by atomic mass is 19.3. The van der Waals surface area contributed by atoms with E-state index in [4.69, 9.17) is 4.74 Å². The molecular weight excluding hydrogens is 544 g/mol. The molecule has 0 saturated heterocycles. The maximum Gasteiger partial charge on any atom is 0.342 e. The van der Waals surface area contributed by atoms with Gasteiger partial charge in [-0.3, -0.25) is 9.59 Å². The zero-order valence-electron chi connectivity index (χ0n) is 24.4. The van der Waals surface area contributed by atoms with Crippen LogP contribution in [0, 0.1) is 0 Å². The minimum absolute atomic E-state index is 0.132. The van der Waals surface area contributed by atoms with E-state index in [1.54, 1.807) is 23.1 Å². The molecule has 228 valence electrons. The van der Waals surface area contributed by atoms with Gasteiger partial charge in [-0.25, -0.2) is 4.98 Å². The Balaban J connectivity index is 1.26. The van der Waals surface area contributed by atoms with Crippen LogP contribution in [0.1, 0.15) is 74.6 Å². The summed E-state index contributed by atoms with van der Waals surface area (Å²) in [5.74, 6) is -4.14. The molecule has 2 aliphatic carbocycles. The summed E-state index contributed by atoms with van der Waals surface area (Å²) in [5.41, 5.74) is 1.21. The molecule has 5 rings (SSSR count). The third-order valence-electron chi connectivity index (χ3n) is 8.52. The molecule has 2 heterocycles. The SMILES string of the molecule is COc1cc(C(=O)NCCCNC2CCCCC2)ccc1Nc1ncc2c(n1)N(C1CCCC1)CC(F)(F)C(=O)N2C. The molecule has 2 amide bonds. The summed E-state index contributed by atoms with van der Waals surface area (Å²) >= 11 is 0. The molecule has 0 spiro atoms. The van der Waals surface area contributed by atoms with Crippen molar-refractivity contribution in [3.05, 3.63) is 30.0 Å². The molecule has 1 aliphatic heterocycles. The van der Waals surface area contributed by atoms with Gasteiger partial charge >= 0.3 is 5.92 Å². The molecule has 2 saturated carbocycles. The molecule has 42 heavy (non-hydrogen) atoms. The van der Waals surface area contributed by atoms with Crippen LogP contribution in [0.3, 0.4) is 0 Å². The number of halogens is 2. The van der Waals surface area contributed by atoms with Gasteiger partial charge in [0.1, 0.15) is 11.4 Å². The summed E-state index contributed by atoms with van der Waals surface area (Å²) in [5, 5.41) is 9.65. The lowest BCUT2D eigenvalue weighted by Crippen LogP contribution is -2.48. The molecule has 0 radical (unpaired) electrons. The third-order valence-corrected chi connectivity index (χ3v) is 8.52. The first kappa shape index (κ1) is 29.9. The smallest absolute Gasteiger partial charge is 0.342 e. The minimum Gasteiger partial charge on any atom is -0.495 e. The van der Waals surface area contributed by atoms with Crippen molar-refractivity contribution < 1.29 is 23.1 Å². The summed E-state index contributed by atoms with van der Waals surface area (Å²) in [7, 11) is 2.82. The van der Waals surface area contributed by atoms with E-state index in [0.717, 1.165) is 43.5 Å². The number of hydrogen-bond acceptors (Lipinski definition) is 8. The maximum atomic E-state index is 14.9. The van der Waals surface area contributed by atoms with E-state index in [9.17, 15) is 18.4 Å². The van der Waals surface area contributed by atoms with E-state index in [1.807, 2.05) is 0 Å². The first-order valence-electron chi connectivity index (χ1n) is 15.0. The molecule has 12 heteroatoms. The van der Waals surface area contributed by atoms with Crippen LogP contribution in [-0.4, -0.2) is 73.6 Å². The molecule has 0 unspecified atom stereocenters. The molecule has 10 nitrogen and oxygen atoms in total. The van der Waals surface area contributed by atoms with E-state index in [0.29, 0.717) is 35.4 Å². The van der Waals surface area contributed by atoms with Gasteiger partial charge in [-0.2, -0.15) is 13.8 Å². The zero-order chi connectivity index (χ0) is 29.7. The fraction of sp³-hybridized carbons (Fsp3) is 0.600. The second kappa shape index (κ2) is 13.2. The maximum absolute atomic E-state index is 14.9. The number of benzene rings is 1. The Labute approximate surface area is 245 Å². The summed E-state index contributed by atoms with van der Waals surface area (Å²) in [4.78, 5) is 36.7. The first-order chi connectivity index (χ1) is 20.3. The van der Waals surface area contributed by atoms with Gasteiger partial charge in [-0.05, 0) is 56.8 Å². The van der Waals surface area contributed by atoms with Gasteiger partial charge in [-0.1, -0.05) is 32.1 Å². The summed E-state index contributed by atoms with van der Waals surface area (Å²) in [6, 6.07) is 5.48. The monoisotopic (exact) mass is 585 g/mol. The van der Waals surface area contributed by atoms with Crippen LogP contribution in [0.15, 0.2) is 24.4 Å². The van der Waals surface area contributed by atoms with Gasteiger partial charge in [0.2, 0.25) is 5.95 Å². The van der Waals surface area contributed by atoms with Gasteiger partial charge in [0.25, 0.3) is 11.8 Å². The average molecular weight is 586 g/mol. The van der Waals surface area contributed by atoms with Crippen LogP contribution in [-0.2, 0) is 4.79 Å². The van der Waals surface area contributed by atoms with Crippen molar-refractivity contribution in [3.63, 3.8) is 0 Å². The predicted octanol–water partition coefficient (Wildman–Crippen LogP) is 4.63. The molecule has 0 bridgehead atoms. The number of nitrogens with one attached hydrogen (secondary N) is 3. The van der Waals surface area contributed by atoms with E-state index < -0.39 is 18.4 Å². The molecule has 2 aromatic rings. The topological polar surface area (TPSA) is 112 Å². The number of aromatic nitrogens is 2. The highest BCUT2D eigenvalue weighted by Crippen LogP contribution is 2.40. The summed E-state index contributed by atoms with van der Waals surface area (Å²) < 4.78 is 35.3. The van der Waals surface area contributed by atoms with Gasteiger partial charge in [0, 0.05) is 31.2 Å². The van der Waals surface area contributed by atoms with Crippen LogP contribution in [0.5, 0.6) is 5.75 Å². The Bertz CT molecular complexity index is 1270. The third kappa shape index (κ3) is 6.74. The number of amides is 2. The Morgan fingerprint density at radius 1 is 1.10 bits per heavy atom. The lowest BCUT2D eigenvalue weighted by atomic mass is 9.95. The highest BCUT2D eigenvalue weighted by Gasteiger charge is 2.48. The van der Waals surface area contributed by atoms with E-state index in [-0.39, 0.29) is 23.6 Å². The van der Waals surface area contributed by atoms with Crippen LogP contribution >= 0.6 is 0 Å². The van der Waals surface area contributed by atoms with Crippen molar-refractivity contribution in [3.8, 4) is 5.75 Å². The fourth-order valence-corrected chi connectivity index (χ4v) is 6.17. The number of alkyl halides is 2. The number of nitrogens with zero attached hydrogens (tertiary/aromatic N) is 4. The second-order valence-corrected chi connectivity index (χ2v) is 11.5. The number of carbonyl (C=O) groups is 2. The average Bonchev–Trinajstić information content (AvgIpc) is 3.52. The van der Waals surface area contributed by atoms with Gasteiger partial charge in [0.15, 0.2) is 5.82 Å². The highest BCUT2D eigenvalue weighted by molar-refractivity contribution is 6.02. The number of hydrogen-bond donors (Lipinski definition) is 3. The van der Waals surface area contributed by atoms with Gasteiger partial charge in [0.05, 0.1) is 25.5 Å². The largest absolute Gasteiger partial charge is 0.495 e. The molecule has 2 fully saturated rings. The molecule has 1 aromatic heterocycles. The standard InChI is InChI=1S/C30H41F2N7O3/c1-38-24-18-35-29(37-26(24)39(22-11-6-7-12-22)19-30(31,32)28(38)41)36-23-14-13-20(17-25(23)42-2)27(40)34-16-8-15-33-21-9-4-3-5-10-21/h13-14,17-18,21-22,33H,3-12,15-16,19H2,1-2H3,(H,34,40)(H,35,36,37). The van der Waals surface area contributed by atoms with Crippen LogP contribution < -0.4 is 30.5 Å². The van der Waals surface area contributed by atoms with Gasteiger partial charge < -0.3 is 30.5 Å². The Kier molecular flexibility index (Phi) is 9.40. The van der Waals surface area contributed by atoms with E-state index in [1.165, 1.54) is 52.5 Å². The first-order valence-corrected chi connectivity index (χ1v) is 15.0. The fourth-order valence-electron chi connectivity index (χ4n) is 6.17. The minimum atomic E-state index is -3.54. The lowest BCUT2D eigenvalue weighted by molar-refractivity contribution is -0.140. The summed E-state index contributed by atoms with van der Waals surface area (Å²) in [6.45, 7) is 0.711. The number of anilines is 4. The zero-order valence-corrected chi connectivity index (χ0v) is 24.4. The summed E-state index contributed by atoms with van der Waals surface area (Å²) in [6.07, 6.45) is 12.0. The van der Waals surface area contributed by atoms with E-state index >= 15 is 0 Å². The van der Waals surface area contributed by atoms with Crippen molar-refractivity contribution >= 4 is 35.0 Å². The molecule has 3 N–H and O–H groups in total. The van der Waals surface area contributed by atoms with Crippen LogP contribution in [0.2, 0.25) is 0 Å². The number of rotatable bonds is 10. The lowest BCUT2D eigenvalue weighted by Gasteiger charge is -2.31. The Hall–Kier alpha value is -3.54. The molecular formula is C30H41F2N7O3. The van der Waals surface area contributed by atoms with Crippen molar-refractivity contribution in [1.82, 2.24) is 20.6 Å². The number of methoxy groups -OCH3 is 1. The molecule has 0 atom stereocenters. The van der Waals surface area contributed by atoms with Crippen molar-refractivity contribution in [2.24, 2.45) is 0 Å². The number of fused-ring (bicyclic) bond motifs is 1. The van der Waals surface area contributed by atoms with Crippen molar-refractivity contribution in [2.75, 3.05) is 48.9 Å². The Morgan fingerprint density at radius 3 is 2.57 bits per heavy atom. The molecule has 3 aliphatic rings. The van der Waals surface area contributed by atoms with Gasteiger partial charge in [-0.15, -0.1) is 0 Å². The van der Waals surface area contributed by atoms with Crippen LogP contribution in [0.4, 0.5) is 31.9 Å². The number of carbonyl (C=O) groups excluding carboxylic acids is 2. The van der Waals surface area contributed by atoms with Crippen LogP contribution in [0.25, 0.3) is 0 Å². The van der Waals surface area contributed by atoms with E-state index in [2.05, 4.69) is 25.9 Å². The predicted molar refractivity (Wildman–Crippen MR) is 158 cm³/mol. The van der Waals surface area contributed by atoms with Crippen molar-refractivity contribution in [2.45, 2.75) is 82.2 Å². The van der Waals surface area contributed by atoms with Crippen molar-refractivity contribution in [1.29, 1.82) is 0 Å². The quantitative estimate of drug-likeness (QED) is 0.346.